The van der Waals surface area contributed by atoms with Gasteiger partial charge in [0.15, 0.2) is 5.78 Å². The first-order valence-electron chi connectivity index (χ1n) is 3.64. The van der Waals surface area contributed by atoms with Gasteiger partial charge in [-0.15, -0.1) is 0 Å². The molecule has 0 saturated heterocycles. The zero-order valence-electron chi connectivity index (χ0n) is 7.97. The SMILES string of the molecule is CC(=O)c1cc(S(=O)(=O)O)ccc1O.N. The molecule has 6 nitrogen and oxygen atoms in total. The summed E-state index contributed by atoms with van der Waals surface area (Å²) in [6.07, 6.45) is 0. The van der Waals surface area contributed by atoms with E-state index in [-0.39, 0.29) is 17.5 Å². The maximum Gasteiger partial charge on any atom is 0.294 e. The van der Waals surface area contributed by atoms with Crippen LogP contribution in [0, 0.1) is 0 Å². The molecular weight excluding hydrogens is 222 g/mol. The number of hydrogen-bond acceptors (Lipinski definition) is 5. The second-order valence-electron chi connectivity index (χ2n) is 2.71. The fourth-order valence-corrected chi connectivity index (χ4v) is 1.46. The summed E-state index contributed by atoms with van der Waals surface area (Å²) in [5.41, 5.74) is -0.139. The predicted molar refractivity (Wildman–Crippen MR) is 52.9 cm³/mol. The predicted octanol–water partition coefficient (Wildman–Crippen LogP) is 1.00. The lowest BCUT2D eigenvalue weighted by Crippen LogP contribution is -2.01. The van der Waals surface area contributed by atoms with E-state index in [4.69, 9.17) is 4.55 Å². The van der Waals surface area contributed by atoms with Crippen molar-refractivity contribution in [3.05, 3.63) is 23.8 Å². The fourth-order valence-electron chi connectivity index (χ4n) is 0.958. The van der Waals surface area contributed by atoms with Crippen molar-refractivity contribution in [1.29, 1.82) is 0 Å². The van der Waals surface area contributed by atoms with Gasteiger partial charge in [0, 0.05) is 0 Å². The summed E-state index contributed by atoms with van der Waals surface area (Å²) in [6.45, 7) is 1.18. The van der Waals surface area contributed by atoms with Gasteiger partial charge in [0.05, 0.1) is 10.5 Å². The Labute approximate surface area is 86.9 Å². The Hall–Kier alpha value is -1.44. The Morgan fingerprint density at radius 2 is 1.87 bits per heavy atom. The number of phenols is 1. The summed E-state index contributed by atoms with van der Waals surface area (Å²) in [5.74, 6) is -0.794. The minimum absolute atomic E-state index is 0. The van der Waals surface area contributed by atoms with Crippen molar-refractivity contribution in [3.63, 3.8) is 0 Å². The molecule has 0 amide bonds. The summed E-state index contributed by atoms with van der Waals surface area (Å²) in [4.78, 5) is 10.5. The first-order valence-corrected chi connectivity index (χ1v) is 5.08. The van der Waals surface area contributed by atoms with Gasteiger partial charge < -0.3 is 11.3 Å². The van der Waals surface area contributed by atoms with E-state index in [1.54, 1.807) is 0 Å². The Bertz CT molecular complexity index is 480. The first kappa shape index (κ1) is 13.6. The topological polar surface area (TPSA) is 127 Å². The quantitative estimate of drug-likeness (QED) is 0.516. The van der Waals surface area contributed by atoms with Gasteiger partial charge in [-0.2, -0.15) is 8.42 Å². The molecule has 84 valence electrons. The van der Waals surface area contributed by atoms with E-state index >= 15 is 0 Å². The van der Waals surface area contributed by atoms with Crippen LogP contribution in [0.2, 0.25) is 0 Å². The molecule has 0 radical (unpaired) electrons. The van der Waals surface area contributed by atoms with Crippen LogP contribution in [0.3, 0.4) is 0 Å². The lowest BCUT2D eigenvalue weighted by atomic mass is 10.1. The third-order valence-corrected chi connectivity index (χ3v) is 2.49. The van der Waals surface area contributed by atoms with Crippen molar-refractivity contribution in [2.45, 2.75) is 11.8 Å². The van der Waals surface area contributed by atoms with E-state index in [9.17, 15) is 18.3 Å². The fraction of sp³-hybridized carbons (Fsp3) is 0.125. The van der Waals surface area contributed by atoms with Crippen LogP contribution in [0.4, 0.5) is 0 Å². The zero-order chi connectivity index (χ0) is 10.9. The van der Waals surface area contributed by atoms with Gasteiger partial charge in [-0.1, -0.05) is 0 Å². The molecule has 5 N–H and O–H groups in total. The maximum absolute atomic E-state index is 10.9. The van der Waals surface area contributed by atoms with Crippen LogP contribution >= 0.6 is 0 Å². The van der Waals surface area contributed by atoms with Crippen LogP contribution in [0.25, 0.3) is 0 Å². The molecule has 1 aromatic carbocycles. The van der Waals surface area contributed by atoms with Gasteiger partial charge in [-0.25, -0.2) is 0 Å². The molecule has 0 spiro atoms. The number of ketones is 1. The third kappa shape index (κ3) is 3.01. The Kier molecular flexibility index (Phi) is 3.97. The molecular formula is C8H11NO5S. The van der Waals surface area contributed by atoms with Gasteiger partial charge in [-0.05, 0) is 25.1 Å². The third-order valence-electron chi connectivity index (χ3n) is 1.65. The number of rotatable bonds is 2. The average Bonchev–Trinajstić information content (AvgIpc) is 2.02. The highest BCUT2D eigenvalue weighted by Crippen LogP contribution is 2.21. The van der Waals surface area contributed by atoms with E-state index in [0.717, 1.165) is 18.2 Å². The van der Waals surface area contributed by atoms with Crippen LogP contribution in [0.1, 0.15) is 17.3 Å². The van der Waals surface area contributed by atoms with E-state index in [1.807, 2.05) is 0 Å². The molecule has 0 saturated carbocycles. The van der Waals surface area contributed by atoms with Gasteiger partial charge >= 0.3 is 0 Å². The largest absolute Gasteiger partial charge is 0.507 e. The highest BCUT2D eigenvalue weighted by atomic mass is 32.2. The van der Waals surface area contributed by atoms with E-state index in [2.05, 4.69) is 0 Å². The van der Waals surface area contributed by atoms with Crippen LogP contribution in [-0.4, -0.2) is 23.9 Å². The molecule has 0 aliphatic heterocycles. The Morgan fingerprint density at radius 3 is 2.27 bits per heavy atom. The second-order valence-corrected chi connectivity index (χ2v) is 4.13. The molecule has 0 atom stereocenters. The second kappa shape index (κ2) is 4.39. The standard InChI is InChI=1S/C8H8O5S.H3N/c1-5(9)7-4-6(14(11,12)13)2-3-8(7)10;/h2-4,10H,1H3,(H,11,12,13);1H3. The highest BCUT2D eigenvalue weighted by molar-refractivity contribution is 7.85. The lowest BCUT2D eigenvalue weighted by Gasteiger charge is -2.02. The molecule has 15 heavy (non-hydrogen) atoms. The van der Waals surface area contributed by atoms with Crippen molar-refractivity contribution in [2.75, 3.05) is 0 Å². The molecule has 1 rings (SSSR count). The van der Waals surface area contributed by atoms with Gasteiger partial charge in [0.2, 0.25) is 0 Å². The molecule has 1 aromatic rings. The summed E-state index contributed by atoms with van der Waals surface area (Å²) in [7, 11) is -4.34. The van der Waals surface area contributed by atoms with Crippen molar-refractivity contribution >= 4 is 15.9 Å². The average molecular weight is 233 g/mol. The molecule has 0 bridgehead atoms. The van der Waals surface area contributed by atoms with Crippen molar-refractivity contribution in [1.82, 2.24) is 6.15 Å². The number of carbonyl (C=O) groups excluding carboxylic acids is 1. The minimum atomic E-state index is -4.34. The van der Waals surface area contributed by atoms with Crippen LogP contribution < -0.4 is 6.15 Å². The van der Waals surface area contributed by atoms with Gasteiger partial charge in [0.1, 0.15) is 5.75 Å². The van der Waals surface area contributed by atoms with Crippen molar-refractivity contribution in [3.8, 4) is 5.75 Å². The first-order chi connectivity index (χ1) is 6.32. The maximum atomic E-state index is 10.9. The van der Waals surface area contributed by atoms with Crippen LogP contribution in [0.5, 0.6) is 5.75 Å². The summed E-state index contributed by atoms with van der Waals surface area (Å²) >= 11 is 0. The van der Waals surface area contributed by atoms with E-state index < -0.39 is 20.8 Å². The smallest absolute Gasteiger partial charge is 0.294 e. The number of aromatic hydroxyl groups is 1. The van der Waals surface area contributed by atoms with Crippen molar-refractivity contribution < 1.29 is 22.9 Å². The van der Waals surface area contributed by atoms with Gasteiger partial charge in [0.25, 0.3) is 10.1 Å². The molecule has 7 heteroatoms. The number of Topliss-reactive ketones (excluding diaryl/α,β-unsaturated/α-hetero) is 1. The van der Waals surface area contributed by atoms with Crippen molar-refractivity contribution in [2.24, 2.45) is 0 Å². The number of phenolic OH excluding ortho intramolecular Hbond substituents is 1. The monoisotopic (exact) mass is 233 g/mol. The van der Waals surface area contributed by atoms with E-state index in [1.165, 1.54) is 6.92 Å². The highest BCUT2D eigenvalue weighted by Gasteiger charge is 2.14. The normalized spacial score (nSPS) is 10.5. The van der Waals surface area contributed by atoms with Gasteiger partial charge in [-0.3, -0.25) is 9.35 Å². The summed E-state index contributed by atoms with van der Waals surface area (Å²) < 4.78 is 30.0. The number of carbonyl (C=O) groups is 1. The molecule has 0 unspecified atom stereocenters. The number of benzene rings is 1. The van der Waals surface area contributed by atoms with Crippen LogP contribution in [-0.2, 0) is 10.1 Å². The minimum Gasteiger partial charge on any atom is -0.507 e. The zero-order valence-corrected chi connectivity index (χ0v) is 8.78. The Balaban J connectivity index is 0.00000196. The molecule has 0 aliphatic carbocycles. The molecule has 0 fully saturated rings. The van der Waals surface area contributed by atoms with Crippen LogP contribution in [0.15, 0.2) is 23.1 Å². The summed E-state index contributed by atoms with van der Waals surface area (Å²) in [6, 6.07) is 2.98. The number of hydrogen-bond donors (Lipinski definition) is 3. The molecule has 0 aromatic heterocycles. The van der Waals surface area contributed by atoms with E-state index in [0.29, 0.717) is 0 Å². The summed E-state index contributed by atoms with van der Waals surface area (Å²) in [5, 5.41) is 9.17. The molecule has 0 aliphatic rings. The lowest BCUT2D eigenvalue weighted by molar-refractivity contribution is 0.101. The molecule has 0 heterocycles. The Morgan fingerprint density at radius 1 is 1.33 bits per heavy atom.